The number of rotatable bonds is 10. The molecule has 3 saturated heterocycles. The van der Waals surface area contributed by atoms with E-state index in [0.29, 0.717) is 22.7 Å². The molecule has 2 aromatic carbocycles. The van der Waals surface area contributed by atoms with Crippen LogP contribution < -0.4 is 5.32 Å². The molecule has 0 radical (unpaired) electrons. The molecule has 2 aromatic rings. The van der Waals surface area contributed by atoms with E-state index in [1.807, 2.05) is 6.92 Å². The molecule has 14 nitrogen and oxygen atoms in total. The number of amides is 1. The fraction of sp³-hybridized carbons (Fsp3) is 0.548. The van der Waals surface area contributed by atoms with Gasteiger partial charge >= 0.3 is 5.97 Å². The number of carbonyl (C=O) groups is 2. The van der Waals surface area contributed by atoms with Gasteiger partial charge in [-0.15, -0.1) is 0 Å². The van der Waals surface area contributed by atoms with E-state index in [1.165, 1.54) is 6.92 Å². The first kappa shape index (κ1) is 34.6. The largest absolute Gasteiger partial charge is 0.459 e. The van der Waals surface area contributed by atoms with Crippen molar-refractivity contribution in [1.29, 1.82) is 0 Å². The van der Waals surface area contributed by atoms with Gasteiger partial charge in [-0.25, -0.2) is 4.79 Å². The molecule has 3 aliphatic heterocycles. The van der Waals surface area contributed by atoms with Gasteiger partial charge in [0.15, 0.2) is 18.9 Å². The summed E-state index contributed by atoms with van der Waals surface area (Å²) in [5.74, 6) is -1.00. The van der Waals surface area contributed by atoms with E-state index in [4.69, 9.17) is 44.8 Å². The quantitative estimate of drug-likeness (QED) is 0.227. The van der Waals surface area contributed by atoms with Crippen molar-refractivity contribution in [2.45, 2.75) is 94.6 Å². The number of benzene rings is 2. The summed E-state index contributed by atoms with van der Waals surface area (Å²) in [5.41, 5.74) is 1.19. The van der Waals surface area contributed by atoms with Crippen molar-refractivity contribution in [2.24, 2.45) is 0 Å². The van der Waals surface area contributed by atoms with Crippen molar-refractivity contribution in [3.63, 3.8) is 0 Å². The van der Waals surface area contributed by atoms with Crippen LogP contribution in [0.4, 0.5) is 5.69 Å². The van der Waals surface area contributed by atoms with Gasteiger partial charge in [0.05, 0.1) is 29.5 Å². The van der Waals surface area contributed by atoms with E-state index in [0.717, 1.165) is 0 Å². The maximum Gasteiger partial charge on any atom is 0.338 e. The van der Waals surface area contributed by atoms with Gasteiger partial charge in [0.25, 0.3) is 0 Å². The van der Waals surface area contributed by atoms with Crippen molar-refractivity contribution in [3.05, 3.63) is 64.7 Å². The number of fused-ring (bicyclic) bond motifs is 1. The molecule has 11 atom stereocenters. The van der Waals surface area contributed by atoms with E-state index in [2.05, 4.69) is 5.32 Å². The van der Waals surface area contributed by atoms with E-state index < -0.39 is 80.3 Å². The number of esters is 1. The summed E-state index contributed by atoms with van der Waals surface area (Å²) in [6.07, 6.45) is -13.7. The van der Waals surface area contributed by atoms with Crippen LogP contribution in [0.15, 0.2) is 48.5 Å². The molecule has 3 aliphatic rings. The highest BCUT2D eigenvalue weighted by Crippen LogP contribution is 2.33. The third kappa shape index (κ3) is 8.03. The summed E-state index contributed by atoms with van der Waals surface area (Å²) >= 11 is 6.16. The molecule has 0 aromatic heterocycles. The molecule has 0 spiro atoms. The Morgan fingerprint density at radius 2 is 1.70 bits per heavy atom. The number of hydrogen-bond donors (Lipinski definition) is 5. The van der Waals surface area contributed by atoms with E-state index in [9.17, 15) is 30.0 Å². The Hall–Kier alpha value is -2.73. The van der Waals surface area contributed by atoms with Gasteiger partial charge in [0.2, 0.25) is 5.91 Å². The lowest BCUT2D eigenvalue weighted by Gasteiger charge is -2.48. The normalized spacial score (nSPS) is 34.4. The molecule has 11 unspecified atom stereocenters. The van der Waals surface area contributed by atoms with Crippen molar-refractivity contribution < 1.29 is 63.2 Å². The standard InChI is InChI=1S/C31H38ClNO13/c1-3-22-40-13-20-27(45-22)24(36)26(38)31(44-20)46-28-21(14-41-29(39)17-7-5-4-6-8-17)43-30(25(37)23(28)35)42-12-16-9-10-18(32)19(11-16)33-15(2)34/h4-11,20-28,30-31,35-38H,3,12-14H2,1-2H3,(H,33,34). The van der Waals surface area contributed by atoms with Gasteiger partial charge < -0.3 is 58.9 Å². The zero-order chi connectivity index (χ0) is 33.0. The summed E-state index contributed by atoms with van der Waals surface area (Å²) in [4.78, 5) is 24.3. The first-order chi connectivity index (χ1) is 22.0. The first-order valence-electron chi connectivity index (χ1n) is 14.9. The molecule has 3 heterocycles. The lowest BCUT2D eigenvalue weighted by molar-refractivity contribution is -0.384. The molecule has 5 N–H and O–H groups in total. The minimum Gasteiger partial charge on any atom is -0.459 e. The van der Waals surface area contributed by atoms with Crippen molar-refractivity contribution in [1.82, 2.24) is 0 Å². The Bertz CT molecular complexity index is 1330. The number of hydrogen-bond acceptors (Lipinski definition) is 13. The SMILES string of the molecule is CCC1OCC2OC(OC3C(COC(=O)c4ccccc4)OC(OCc4ccc(Cl)c(NC(C)=O)c4)C(O)C3O)C(O)C(O)C2O1. The van der Waals surface area contributed by atoms with E-state index in [-0.39, 0.29) is 24.7 Å². The third-order valence-corrected chi connectivity index (χ3v) is 8.13. The fourth-order valence-corrected chi connectivity index (χ4v) is 5.56. The second-order valence-corrected chi connectivity index (χ2v) is 11.6. The van der Waals surface area contributed by atoms with Crippen LogP contribution in [0.25, 0.3) is 0 Å². The summed E-state index contributed by atoms with van der Waals surface area (Å²) in [6.45, 7) is 2.67. The Morgan fingerprint density at radius 1 is 0.957 bits per heavy atom. The molecule has 0 aliphatic carbocycles. The second kappa shape index (κ2) is 15.4. The maximum atomic E-state index is 12.7. The maximum absolute atomic E-state index is 12.7. The molecule has 46 heavy (non-hydrogen) atoms. The topological polar surface area (TPSA) is 192 Å². The minimum atomic E-state index is -1.69. The number of ether oxygens (including phenoxy) is 7. The zero-order valence-corrected chi connectivity index (χ0v) is 25.9. The Labute approximate surface area is 270 Å². The molecular weight excluding hydrogens is 630 g/mol. The average molecular weight is 668 g/mol. The van der Waals surface area contributed by atoms with E-state index in [1.54, 1.807) is 48.5 Å². The smallest absolute Gasteiger partial charge is 0.338 e. The highest BCUT2D eigenvalue weighted by Gasteiger charge is 2.53. The molecule has 3 fully saturated rings. The van der Waals surface area contributed by atoms with Gasteiger partial charge in [0, 0.05) is 6.92 Å². The minimum absolute atomic E-state index is 0.0571. The summed E-state index contributed by atoms with van der Waals surface area (Å²) < 4.78 is 40.3. The third-order valence-electron chi connectivity index (χ3n) is 7.81. The predicted octanol–water partition coefficient (Wildman–Crippen LogP) is 1.10. The summed E-state index contributed by atoms with van der Waals surface area (Å²) in [7, 11) is 0. The zero-order valence-electron chi connectivity index (χ0n) is 25.1. The van der Waals surface area contributed by atoms with Gasteiger partial charge in [-0.1, -0.05) is 42.8 Å². The number of carbonyl (C=O) groups excluding carboxylic acids is 2. The van der Waals surface area contributed by atoms with Crippen LogP contribution in [0.5, 0.6) is 0 Å². The van der Waals surface area contributed by atoms with Crippen LogP contribution in [-0.4, -0.2) is 113 Å². The van der Waals surface area contributed by atoms with Crippen LogP contribution in [-0.2, 0) is 44.6 Å². The van der Waals surface area contributed by atoms with Crippen molar-refractivity contribution in [2.75, 3.05) is 18.5 Å². The molecule has 5 rings (SSSR count). The number of anilines is 1. The second-order valence-electron chi connectivity index (χ2n) is 11.2. The van der Waals surface area contributed by atoms with Crippen LogP contribution >= 0.6 is 11.6 Å². The van der Waals surface area contributed by atoms with Crippen molar-refractivity contribution in [3.8, 4) is 0 Å². The fourth-order valence-electron chi connectivity index (χ4n) is 5.39. The van der Waals surface area contributed by atoms with Gasteiger partial charge in [-0.2, -0.15) is 0 Å². The summed E-state index contributed by atoms with van der Waals surface area (Å²) in [5, 5.41) is 46.9. The monoisotopic (exact) mass is 667 g/mol. The van der Waals surface area contributed by atoms with Crippen LogP contribution in [0.3, 0.4) is 0 Å². The molecule has 15 heteroatoms. The highest BCUT2D eigenvalue weighted by atomic mass is 35.5. The Morgan fingerprint density at radius 3 is 2.41 bits per heavy atom. The molecule has 252 valence electrons. The lowest BCUT2D eigenvalue weighted by atomic mass is 9.96. The van der Waals surface area contributed by atoms with Crippen molar-refractivity contribution >= 4 is 29.2 Å². The number of aliphatic hydroxyl groups excluding tert-OH is 4. The molecule has 0 bridgehead atoms. The van der Waals surface area contributed by atoms with Crippen LogP contribution in [0.1, 0.15) is 36.2 Å². The number of halogens is 1. The van der Waals surface area contributed by atoms with Crippen LogP contribution in [0, 0.1) is 0 Å². The summed E-state index contributed by atoms with van der Waals surface area (Å²) in [6, 6.07) is 13.0. The number of nitrogens with one attached hydrogen (secondary N) is 1. The van der Waals surface area contributed by atoms with Gasteiger partial charge in [-0.05, 0) is 36.2 Å². The van der Waals surface area contributed by atoms with Gasteiger partial charge in [0.1, 0.15) is 55.4 Å². The van der Waals surface area contributed by atoms with Crippen LogP contribution in [0.2, 0.25) is 5.02 Å². The molecular formula is C31H38ClNO13. The predicted molar refractivity (Wildman–Crippen MR) is 158 cm³/mol. The Kier molecular flexibility index (Phi) is 11.6. The first-order valence-corrected chi connectivity index (χ1v) is 15.3. The molecule has 1 amide bonds. The molecule has 0 saturated carbocycles. The highest BCUT2D eigenvalue weighted by molar-refractivity contribution is 6.33. The Balaban J connectivity index is 1.31. The van der Waals surface area contributed by atoms with Gasteiger partial charge in [-0.3, -0.25) is 4.79 Å². The average Bonchev–Trinajstić information content (AvgIpc) is 3.05. The number of aliphatic hydroxyl groups is 4. The van der Waals surface area contributed by atoms with E-state index >= 15 is 0 Å². The lowest BCUT2D eigenvalue weighted by Crippen LogP contribution is -2.66.